The molecule has 8 heteroatoms. The van der Waals surface area contributed by atoms with Crippen LogP contribution in [0.1, 0.15) is 48.7 Å². The largest absolute Gasteiger partial charge is 0.375 e. The van der Waals surface area contributed by atoms with Gasteiger partial charge in [-0.3, -0.25) is 0 Å². The van der Waals surface area contributed by atoms with Crippen molar-refractivity contribution < 1.29 is 4.74 Å². The second kappa shape index (κ2) is 10.3. The zero-order valence-corrected chi connectivity index (χ0v) is 20.7. The van der Waals surface area contributed by atoms with Crippen molar-refractivity contribution in [1.29, 1.82) is 5.26 Å². The van der Waals surface area contributed by atoms with Crippen LogP contribution in [0.4, 0.5) is 11.6 Å². The van der Waals surface area contributed by atoms with E-state index in [9.17, 15) is 5.26 Å². The number of hydrogen-bond donors (Lipinski definition) is 1. The normalized spacial score (nSPS) is 17.1. The maximum atomic E-state index is 9.43. The van der Waals surface area contributed by atoms with Crippen LogP contribution >= 0.6 is 0 Å². The van der Waals surface area contributed by atoms with Crippen LogP contribution in [-0.2, 0) is 11.3 Å². The fourth-order valence-electron chi connectivity index (χ4n) is 4.49. The summed E-state index contributed by atoms with van der Waals surface area (Å²) < 4.78 is 5.85. The first-order valence-electron chi connectivity index (χ1n) is 11.8. The Labute approximate surface area is 201 Å². The fraction of sp³-hybridized carbons (Fsp3) is 0.462. The number of hydrogen-bond acceptors (Lipinski definition) is 8. The number of ether oxygens (including phenoxy) is 1. The van der Waals surface area contributed by atoms with Crippen LogP contribution in [0.5, 0.6) is 0 Å². The van der Waals surface area contributed by atoms with Crippen LogP contribution in [0.15, 0.2) is 30.5 Å². The summed E-state index contributed by atoms with van der Waals surface area (Å²) in [5.41, 5.74) is 3.63. The second-order valence-electron chi connectivity index (χ2n) is 9.17. The summed E-state index contributed by atoms with van der Waals surface area (Å²) in [5, 5.41) is 24.1. The molecular weight excluding hydrogens is 426 g/mol. The first-order chi connectivity index (χ1) is 16.4. The molecule has 1 aromatic carbocycles. The number of morpholine rings is 1. The third-order valence-corrected chi connectivity index (χ3v) is 6.43. The summed E-state index contributed by atoms with van der Waals surface area (Å²) in [6.45, 7) is 9.25. The Bertz CT molecular complexity index is 1200. The first-order valence-corrected chi connectivity index (χ1v) is 11.8. The smallest absolute Gasteiger partial charge is 0.157 e. The molecule has 4 rings (SSSR count). The van der Waals surface area contributed by atoms with Gasteiger partial charge in [-0.25, -0.2) is 4.98 Å². The summed E-state index contributed by atoms with van der Waals surface area (Å²) in [6, 6.07) is 10.2. The average molecular weight is 460 g/mol. The Hall–Kier alpha value is -3.28. The van der Waals surface area contributed by atoms with Crippen molar-refractivity contribution in [3.8, 4) is 6.07 Å². The van der Waals surface area contributed by atoms with Crippen molar-refractivity contribution in [2.75, 3.05) is 44.0 Å². The fourth-order valence-corrected chi connectivity index (χ4v) is 4.49. The second-order valence-corrected chi connectivity index (χ2v) is 9.17. The monoisotopic (exact) mass is 459 g/mol. The molecular formula is C26H33N7O. The number of aromatic nitrogens is 3. The molecule has 1 saturated heterocycles. The van der Waals surface area contributed by atoms with Crippen LogP contribution < -0.4 is 10.2 Å². The van der Waals surface area contributed by atoms with Crippen molar-refractivity contribution >= 4 is 22.4 Å². The van der Waals surface area contributed by atoms with Crippen LogP contribution in [0.3, 0.4) is 0 Å². The number of pyridine rings is 1. The lowest BCUT2D eigenvalue weighted by atomic mass is 9.98. The zero-order valence-electron chi connectivity index (χ0n) is 20.7. The summed E-state index contributed by atoms with van der Waals surface area (Å²) in [5.74, 6) is 1.65. The van der Waals surface area contributed by atoms with Gasteiger partial charge in [-0.1, -0.05) is 19.1 Å². The molecule has 0 aliphatic carbocycles. The maximum absolute atomic E-state index is 9.43. The summed E-state index contributed by atoms with van der Waals surface area (Å²) >= 11 is 0. The highest BCUT2D eigenvalue weighted by Gasteiger charge is 2.22. The van der Waals surface area contributed by atoms with Crippen molar-refractivity contribution in [3.63, 3.8) is 0 Å². The third kappa shape index (κ3) is 4.96. The Morgan fingerprint density at radius 2 is 2.12 bits per heavy atom. The van der Waals surface area contributed by atoms with Gasteiger partial charge in [0, 0.05) is 36.6 Å². The van der Waals surface area contributed by atoms with Gasteiger partial charge >= 0.3 is 0 Å². The molecule has 3 heterocycles. The average Bonchev–Trinajstić information content (AvgIpc) is 2.85. The Balaban J connectivity index is 1.74. The number of nitriles is 1. The SMILES string of the molecule is CC[C@@H]1CN(c2cc3c(N[C@H](C)c4cccc(C#N)c4C)nnc(CN(C)C)c3cn2)CCO1. The van der Waals surface area contributed by atoms with Gasteiger partial charge in [-0.2, -0.15) is 10.4 Å². The topological polar surface area (TPSA) is 90.2 Å². The van der Waals surface area contributed by atoms with Gasteiger partial charge in [0.25, 0.3) is 0 Å². The highest BCUT2D eigenvalue weighted by atomic mass is 16.5. The van der Waals surface area contributed by atoms with Crippen molar-refractivity contribution in [2.24, 2.45) is 0 Å². The van der Waals surface area contributed by atoms with Crippen LogP contribution in [0, 0.1) is 18.3 Å². The standard InChI is InChI=1S/C26H33N7O/c1-6-20-15-33(10-11-34-20)25-12-22-23(14-28-25)24(16-32(4)5)30-31-26(22)29-18(3)21-9-7-8-19(13-27)17(21)2/h7-9,12,14,18,20H,6,10-11,15-16H2,1-5H3,(H,29,31)/t18-,20-/m1/s1. The highest BCUT2D eigenvalue weighted by Crippen LogP contribution is 2.31. The molecule has 2 aromatic heterocycles. The van der Waals surface area contributed by atoms with Crippen LogP contribution in [0.2, 0.25) is 0 Å². The quantitative estimate of drug-likeness (QED) is 0.566. The van der Waals surface area contributed by atoms with E-state index < -0.39 is 0 Å². The number of nitrogens with zero attached hydrogens (tertiary/aromatic N) is 6. The van der Waals surface area contributed by atoms with E-state index in [0.29, 0.717) is 18.7 Å². The molecule has 8 nitrogen and oxygen atoms in total. The molecule has 1 aliphatic heterocycles. The van der Waals surface area contributed by atoms with Crippen LogP contribution in [-0.4, -0.2) is 60.0 Å². The molecule has 34 heavy (non-hydrogen) atoms. The minimum Gasteiger partial charge on any atom is -0.375 e. The van der Waals surface area contributed by atoms with E-state index in [4.69, 9.17) is 9.72 Å². The lowest BCUT2D eigenvalue weighted by molar-refractivity contribution is 0.0382. The lowest BCUT2D eigenvalue weighted by Crippen LogP contribution is -2.42. The molecule has 0 unspecified atom stereocenters. The number of benzene rings is 1. The van der Waals surface area contributed by atoms with E-state index in [-0.39, 0.29) is 12.1 Å². The Kier molecular flexibility index (Phi) is 7.25. The molecule has 1 aliphatic rings. The maximum Gasteiger partial charge on any atom is 0.157 e. The summed E-state index contributed by atoms with van der Waals surface area (Å²) in [6.07, 6.45) is 3.12. The number of fused-ring (bicyclic) bond motifs is 1. The van der Waals surface area contributed by atoms with Crippen molar-refractivity contribution in [1.82, 2.24) is 20.1 Å². The Morgan fingerprint density at radius 1 is 1.29 bits per heavy atom. The Morgan fingerprint density at radius 3 is 2.85 bits per heavy atom. The number of anilines is 2. The number of nitrogens with one attached hydrogen (secondary N) is 1. The predicted octanol–water partition coefficient (Wildman–Crippen LogP) is 4.05. The van der Waals surface area contributed by atoms with Gasteiger partial charge in [0.2, 0.25) is 0 Å². The van der Waals surface area contributed by atoms with Gasteiger partial charge in [-0.05, 0) is 57.6 Å². The van der Waals surface area contributed by atoms with Gasteiger partial charge in [-0.15, -0.1) is 5.10 Å². The van der Waals surface area contributed by atoms with Crippen molar-refractivity contribution in [3.05, 3.63) is 52.8 Å². The molecule has 1 fully saturated rings. The third-order valence-electron chi connectivity index (χ3n) is 6.43. The summed E-state index contributed by atoms with van der Waals surface area (Å²) in [4.78, 5) is 9.17. The molecule has 0 spiro atoms. The van der Waals surface area contributed by atoms with Crippen LogP contribution in [0.25, 0.3) is 10.8 Å². The minimum absolute atomic E-state index is 0.0463. The first kappa shape index (κ1) is 23.9. The summed E-state index contributed by atoms with van der Waals surface area (Å²) in [7, 11) is 4.04. The van der Waals surface area contributed by atoms with Gasteiger partial charge in [0.1, 0.15) is 5.82 Å². The molecule has 178 valence electrons. The van der Waals surface area contributed by atoms with Gasteiger partial charge in [0.15, 0.2) is 5.82 Å². The van der Waals surface area contributed by atoms with E-state index in [1.807, 2.05) is 39.3 Å². The van der Waals surface area contributed by atoms with Crippen molar-refractivity contribution in [2.45, 2.75) is 45.9 Å². The molecule has 0 radical (unpaired) electrons. The molecule has 1 N–H and O–H groups in total. The predicted molar refractivity (Wildman–Crippen MR) is 135 cm³/mol. The number of rotatable bonds is 7. The molecule has 0 amide bonds. The molecule has 3 aromatic rings. The highest BCUT2D eigenvalue weighted by molar-refractivity contribution is 5.94. The van der Waals surface area contributed by atoms with E-state index >= 15 is 0 Å². The van der Waals surface area contributed by atoms with E-state index in [1.54, 1.807) is 0 Å². The van der Waals surface area contributed by atoms with E-state index in [1.165, 1.54) is 0 Å². The molecule has 2 atom stereocenters. The molecule has 0 bridgehead atoms. The zero-order chi connectivity index (χ0) is 24.2. The lowest BCUT2D eigenvalue weighted by Gasteiger charge is -2.33. The van der Waals surface area contributed by atoms with E-state index in [0.717, 1.165) is 58.7 Å². The minimum atomic E-state index is -0.0463. The van der Waals surface area contributed by atoms with Gasteiger partial charge < -0.3 is 19.9 Å². The molecule has 0 saturated carbocycles. The van der Waals surface area contributed by atoms with E-state index in [2.05, 4.69) is 57.4 Å². The van der Waals surface area contributed by atoms with Gasteiger partial charge in [0.05, 0.1) is 36.1 Å².